The van der Waals surface area contributed by atoms with Crippen molar-refractivity contribution in [3.05, 3.63) is 54.1 Å². The molecule has 1 aliphatic rings. The molecule has 1 aliphatic heterocycles. The number of hydrogen-bond donors (Lipinski definition) is 3. The highest BCUT2D eigenvalue weighted by atomic mass is 32.2. The minimum Gasteiger partial charge on any atom is -0.477 e. The fourth-order valence-corrected chi connectivity index (χ4v) is 3.28. The molecule has 136 valence electrons. The minimum absolute atomic E-state index is 0.0289. The van der Waals surface area contributed by atoms with Gasteiger partial charge in [-0.25, -0.2) is 17.9 Å². The molecule has 0 saturated carbocycles. The number of ether oxygens (including phenoxy) is 1. The topological polar surface area (TPSA) is 114 Å². The van der Waals surface area contributed by atoms with Gasteiger partial charge in [0.2, 0.25) is 0 Å². The molecule has 0 aliphatic carbocycles. The van der Waals surface area contributed by atoms with E-state index >= 15 is 0 Å². The van der Waals surface area contributed by atoms with Crippen molar-refractivity contribution in [2.75, 3.05) is 11.9 Å². The average molecular weight is 375 g/mol. The second-order valence-electron chi connectivity index (χ2n) is 5.72. The van der Waals surface area contributed by atoms with Gasteiger partial charge in [-0.3, -0.25) is 4.79 Å². The highest BCUT2D eigenvalue weighted by Gasteiger charge is 2.28. The molecule has 0 aromatic heterocycles. The SMILES string of the molecule is Cc1ccc(S(=O)(=O)NC(=O)NCC2Oc3ccccc3NC2=O)cc1. The van der Waals surface area contributed by atoms with Gasteiger partial charge in [0.25, 0.3) is 15.9 Å². The number of nitrogens with one attached hydrogen (secondary N) is 3. The third-order valence-corrected chi connectivity index (χ3v) is 5.06. The van der Waals surface area contributed by atoms with Gasteiger partial charge in [0.1, 0.15) is 5.75 Å². The molecule has 8 nitrogen and oxygen atoms in total. The number of benzene rings is 2. The Labute approximate surface area is 150 Å². The van der Waals surface area contributed by atoms with E-state index in [1.54, 1.807) is 36.4 Å². The van der Waals surface area contributed by atoms with Crippen molar-refractivity contribution >= 4 is 27.6 Å². The maximum atomic E-state index is 12.2. The van der Waals surface area contributed by atoms with Crippen LogP contribution in [0.25, 0.3) is 0 Å². The maximum Gasteiger partial charge on any atom is 0.328 e. The summed E-state index contributed by atoms with van der Waals surface area (Å²) in [5.74, 6) is 0.0528. The van der Waals surface area contributed by atoms with Crippen molar-refractivity contribution in [3.8, 4) is 5.75 Å². The van der Waals surface area contributed by atoms with Gasteiger partial charge in [-0.15, -0.1) is 0 Å². The Kier molecular flexibility index (Phi) is 4.81. The van der Waals surface area contributed by atoms with Crippen molar-refractivity contribution in [3.63, 3.8) is 0 Å². The van der Waals surface area contributed by atoms with Crippen LogP contribution in [0.15, 0.2) is 53.4 Å². The highest BCUT2D eigenvalue weighted by molar-refractivity contribution is 7.90. The number of amides is 3. The second-order valence-corrected chi connectivity index (χ2v) is 7.40. The minimum atomic E-state index is -3.99. The van der Waals surface area contributed by atoms with Gasteiger partial charge in [-0.2, -0.15) is 0 Å². The number of aryl methyl sites for hydroxylation is 1. The van der Waals surface area contributed by atoms with Crippen molar-refractivity contribution in [2.45, 2.75) is 17.9 Å². The van der Waals surface area contributed by atoms with Crippen LogP contribution in [0.4, 0.5) is 10.5 Å². The van der Waals surface area contributed by atoms with Crippen LogP contribution in [0.5, 0.6) is 5.75 Å². The predicted octanol–water partition coefficient (Wildman–Crippen LogP) is 1.38. The van der Waals surface area contributed by atoms with Crippen LogP contribution in [-0.4, -0.2) is 33.0 Å². The van der Waals surface area contributed by atoms with Gasteiger partial charge in [0.15, 0.2) is 6.10 Å². The van der Waals surface area contributed by atoms with Crippen LogP contribution >= 0.6 is 0 Å². The quantitative estimate of drug-likeness (QED) is 0.747. The molecular formula is C17H17N3O5S. The summed E-state index contributed by atoms with van der Waals surface area (Å²) in [6, 6.07) is 12.0. The number of para-hydroxylation sites is 2. The summed E-state index contributed by atoms with van der Waals surface area (Å²) < 4.78 is 31.7. The fourth-order valence-electron chi connectivity index (χ4n) is 2.35. The number of carbonyl (C=O) groups is 2. The molecule has 0 saturated heterocycles. The van der Waals surface area contributed by atoms with Crippen LogP contribution in [-0.2, 0) is 14.8 Å². The third-order valence-electron chi connectivity index (χ3n) is 3.71. The van der Waals surface area contributed by atoms with E-state index in [0.717, 1.165) is 5.56 Å². The van der Waals surface area contributed by atoms with Gasteiger partial charge >= 0.3 is 6.03 Å². The van der Waals surface area contributed by atoms with E-state index in [1.807, 2.05) is 11.6 Å². The zero-order valence-electron chi connectivity index (χ0n) is 13.9. The summed E-state index contributed by atoms with van der Waals surface area (Å²) in [5, 5.41) is 4.99. The number of hydrogen-bond acceptors (Lipinski definition) is 5. The van der Waals surface area contributed by atoms with Gasteiger partial charge in [-0.05, 0) is 31.2 Å². The Morgan fingerprint density at radius 3 is 2.58 bits per heavy atom. The molecule has 1 heterocycles. The standard InChI is InChI=1S/C17H17N3O5S/c1-11-6-8-12(9-7-11)26(23,24)20-17(22)18-10-15-16(21)19-13-4-2-3-5-14(13)25-15/h2-9,15H,10H2,1H3,(H,19,21)(H2,18,20,22). The normalized spacial score (nSPS) is 16.0. The Balaban J connectivity index is 1.59. The van der Waals surface area contributed by atoms with Gasteiger partial charge < -0.3 is 15.4 Å². The molecular weight excluding hydrogens is 358 g/mol. The van der Waals surface area contributed by atoms with E-state index in [4.69, 9.17) is 4.74 Å². The van der Waals surface area contributed by atoms with Crippen molar-refractivity contribution in [1.29, 1.82) is 0 Å². The number of fused-ring (bicyclic) bond motifs is 1. The summed E-state index contributed by atoms with van der Waals surface area (Å²) in [6.45, 7) is 1.64. The molecule has 3 amide bonds. The smallest absolute Gasteiger partial charge is 0.328 e. The number of rotatable bonds is 4. The highest BCUT2D eigenvalue weighted by Crippen LogP contribution is 2.28. The first-order chi connectivity index (χ1) is 12.3. The largest absolute Gasteiger partial charge is 0.477 e. The lowest BCUT2D eigenvalue weighted by Gasteiger charge is -2.25. The molecule has 0 bridgehead atoms. The van der Waals surface area contributed by atoms with Crippen LogP contribution in [0.2, 0.25) is 0 Å². The lowest BCUT2D eigenvalue weighted by molar-refractivity contribution is -0.123. The molecule has 0 fully saturated rings. The van der Waals surface area contributed by atoms with E-state index in [0.29, 0.717) is 11.4 Å². The van der Waals surface area contributed by atoms with Crippen LogP contribution < -0.4 is 20.1 Å². The molecule has 0 spiro atoms. The summed E-state index contributed by atoms with van der Waals surface area (Å²) >= 11 is 0. The first kappa shape index (κ1) is 17.7. The molecule has 0 radical (unpaired) electrons. The molecule has 3 N–H and O–H groups in total. The van der Waals surface area contributed by atoms with E-state index in [-0.39, 0.29) is 11.4 Å². The van der Waals surface area contributed by atoms with Gasteiger partial charge in [-0.1, -0.05) is 29.8 Å². The van der Waals surface area contributed by atoms with Crippen LogP contribution in [0.3, 0.4) is 0 Å². The summed E-state index contributed by atoms with van der Waals surface area (Å²) in [6.07, 6.45) is -0.960. The summed E-state index contributed by atoms with van der Waals surface area (Å²) in [5.41, 5.74) is 1.44. The van der Waals surface area contributed by atoms with Crippen LogP contribution in [0.1, 0.15) is 5.56 Å². The monoisotopic (exact) mass is 375 g/mol. The second kappa shape index (κ2) is 7.04. The zero-order valence-corrected chi connectivity index (χ0v) is 14.7. The zero-order chi connectivity index (χ0) is 18.7. The molecule has 3 rings (SSSR count). The van der Waals surface area contributed by atoms with E-state index in [1.165, 1.54) is 12.1 Å². The summed E-state index contributed by atoms with van der Waals surface area (Å²) in [4.78, 5) is 23.9. The number of urea groups is 1. The Bertz CT molecular complexity index is 941. The van der Waals surface area contributed by atoms with Gasteiger partial charge in [0, 0.05) is 0 Å². The van der Waals surface area contributed by atoms with Crippen molar-refractivity contribution in [2.24, 2.45) is 0 Å². The number of anilines is 1. The van der Waals surface area contributed by atoms with Crippen molar-refractivity contribution < 1.29 is 22.7 Å². The Morgan fingerprint density at radius 2 is 1.85 bits per heavy atom. The molecule has 1 unspecified atom stereocenters. The molecule has 26 heavy (non-hydrogen) atoms. The Hall–Kier alpha value is -3.07. The lowest BCUT2D eigenvalue weighted by atomic mass is 10.2. The Morgan fingerprint density at radius 1 is 1.15 bits per heavy atom. The van der Waals surface area contributed by atoms with Gasteiger partial charge in [0.05, 0.1) is 17.1 Å². The third kappa shape index (κ3) is 3.94. The van der Waals surface area contributed by atoms with E-state index < -0.39 is 28.1 Å². The first-order valence-corrected chi connectivity index (χ1v) is 9.27. The average Bonchev–Trinajstić information content (AvgIpc) is 2.60. The molecule has 1 atom stereocenters. The number of carbonyl (C=O) groups excluding carboxylic acids is 2. The van der Waals surface area contributed by atoms with Crippen LogP contribution in [0, 0.1) is 6.92 Å². The molecule has 2 aromatic carbocycles. The van der Waals surface area contributed by atoms with E-state index in [9.17, 15) is 18.0 Å². The molecule has 2 aromatic rings. The van der Waals surface area contributed by atoms with E-state index in [2.05, 4.69) is 10.6 Å². The number of sulfonamides is 1. The van der Waals surface area contributed by atoms with Crippen molar-refractivity contribution in [1.82, 2.24) is 10.0 Å². The summed E-state index contributed by atoms with van der Waals surface area (Å²) in [7, 11) is -3.99. The maximum absolute atomic E-state index is 12.2. The first-order valence-electron chi connectivity index (χ1n) is 7.79. The lowest BCUT2D eigenvalue weighted by Crippen LogP contribution is -2.48. The predicted molar refractivity (Wildman–Crippen MR) is 94.4 cm³/mol. The fraction of sp³-hybridized carbons (Fsp3) is 0.176. The molecule has 9 heteroatoms.